The Balaban J connectivity index is 1.77. The van der Waals surface area contributed by atoms with Crippen LogP contribution in [0.2, 0.25) is 0 Å². The van der Waals surface area contributed by atoms with E-state index < -0.39 is 0 Å². The van der Waals surface area contributed by atoms with Gasteiger partial charge in [-0.3, -0.25) is 4.79 Å². The lowest BCUT2D eigenvalue weighted by Crippen LogP contribution is -2.25. The third-order valence-corrected chi connectivity index (χ3v) is 4.11. The van der Waals surface area contributed by atoms with Crippen LogP contribution in [-0.2, 0) is 6.54 Å². The van der Waals surface area contributed by atoms with Gasteiger partial charge in [-0.15, -0.1) is 0 Å². The first-order valence-electron chi connectivity index (χ1n) is 8.34. The van der Waals surface area contributed by atoms with E-state index in [0.29, 0.717) is 18.0 Å². The number of carbonyl (C=O) groups is 1. The van der Waals surface area contributed by atoms with Crippen LogP contribution in [0.25, 0.3) is 0 Å². The van der Waals surface area contributed by atoms with Crippen LogP contribution in [0, 0.1) is 0 Å². The van der Waals surface area contributed by atoms with E-state index in [9.17, 15) is 4.79 Å². The molecular formula is C21H21N3O2. The zero-order chi connectivity index (χ0) is 18.4. The molecule has 2 aromatic carbocycles. The van der Waals surface area contributed by atoms with Crippen molar-refractivity contribution in [3.63, 3.8) is 0 Å². The quantitative estimate of drug-likeness (QED) is 0.737. The maximum Gasteiger partial charge on any atom is 0.253 e. The number of pyridine rings is 1. The Kier molecular flexibility index (Phi) is 5.49. The molecule has 0 bridgehead atoms. The van der Waals surface area contributed by atoms with E-state index in [0.717, 1.165) is 16.9 Å². The van der Waals surface area contributed by atoms with Gasteiger partial charge >= 0.3 is 0 Å². The molecule has 5 nitrogen and oxygen atoms in total. The van der Waals surface area contributed by atoms with Crippen LogP contribution in [0.4, 0.5) is 11.4 Å². The fourth-order valence-corrected chi connectivity index (χ4v) is 2.70. The third kappa shape index (κ3) is 4.00. The Morgan fingerprint density at radius 1 is 1.08 bits per heavy atom. The van der Waals surface area contributed by atoms with Crippen molar-refractivity contribution >= 4 is 17.3 Å². The van der Waals surface area contributed by atoms with Crippen molar-refractivity contribution in [3.8, 4) is 5.88 Å². The summed E-state index contributed by atoms with van der Waals surface area (Å²) in [6, 6.07) is 21.2. The Labute approximate surface area is 153 Å². The number of hydrogen-bond donors (Lipinski definition) is 1. The molecule has 0 aliphatic carbocycles. The van der Waals surface area contributed by atoms with Gasteiger partial charge in [0.15, 0.2) is 0 Å². The van der Waals surface area contributed by atoms with Gasteiger partial charge in [-0.05, 0) is 35.9 Å². The molecule has 26 heavy (non-hydrogen) atoms. The van der Waals surface area contributed by atoms with Crippen molar-refractivity contribution in [1.82, 2.24) is 10.3 Å². The molecule has 1 aromatic heterocycles. The fraction of sp³-hybridized carbons (Fsp3) is 0.143. The minimum Gasteiger partial charge on any atom is -0.481 e. The largest absolute Gasteiger partial charge is 0.481 e. The standard InChI is InChI=1S/C21H21N3O2/c1-24(17-8-4-3-5-9-17)19-11-7-6-10-18(19)21(25)23-15-16-12-13-22-20(14-16)26-2/h3-14H,15H2,1-2H3,(H,23,25). The molecule has 132 valence electrons. The second-order valence-electron chi connectivity index (χ2n) is 5.80. The number of aromatic nitrogens is 1. The molecule has 0 aliphatic rings. The number of para-hydroxylation sites is 2. The van der Waals surface area contributed by atoms with Gasteiger partial charge in [0.25, 0.3) is 5.91 Å². The zero-order valence-corrected chi connectivity index (χ0v) is 14.8. The highest BCUT2D eigenvalue weighted by molar-refractivity contribution is 6.00. The van der Waals surface area contributed by atoms with Gasteiger partial charge in [-0.1, -0.05) is 30.3 Å². The Bertz CT molecular complexity index is 881. The number of nitrogens with zero attached hydrogens (tertiary/aromatic N) is 2. The van der Waals surface area contributed by atoms with Crippen LogP contribution in [0.15, 0.2) is 72.9 Å². The Morgan fingerprint density at radius 3 is 2.58 bits per heavy atom. The van der Waals surface area contributed by atoms with E-state index in [1.807, 2.05) is 78.7 Å². The van der Waals surface area contributed by atoms with E-state index >= 15 is 0 Å². The Hall–Kier alpha value is -3.34. The lowest BCUT2D eigenvalue weighted by atomic mass is 10.1. The summed E-state index contributed by atoms with van der Waals surface area (Å²) in [5.74, 6) is 0.403. The van der Waals surface area contributed by atoms with E-state index in [1.54, 1.807) is 13.3 Å². The topological polar surface area (TPSA) is 54.5 Å². The molecule has 0 fully saturated rings. The second-order valence-corrected chi connectivity index (χ2v) is 5.80. The summed E-state index contributed by atoms with van der Waals surface area (Å²) < 4.78 is 5.12. The average Bonchev–Trinajstić information content (AvgIpc) is 2.72. The number of anilines is 2. The van der Waals surface area contributed by atoms with Gasteiger partial charge in [0, 0.05) is 31.5 Å². The molecule has 3 rings (SSSR count). The first-order valence-corrected chi connectivity index (χ1v) is 8.34. The Morgan fingerprint density at radius 2 is 1.81 bits per heavy atom. The number of carbonyl (C=O) groups excluding carboxylic acids is 1. The number of hydrogen-bond acceptors (Lipinski definition) is 4. The molecule has 0 aliphatic heterocycles. The molecule has 0 radical (unpaired) electrons. The summed E-state index contributed by atoms with van der Waals surface area (Å²) >= 11 is 0. The number of benzene rings is 2. The molecule has 0 saturated heterocycles. The maximum absolute atomic E-state index is 12.7. The van der Waals surface area contributed by atoms with E-state index in [2.05, 4.69) is 10.3 Å². The smallest absolute Gasteiger partial charge is 0.253 e. The summed E-state index contributed by atoms with van der Waals surface area (Å²) in [6.07, 6.45) is 1.66. The number of nitrogens with one attached hydrogen (secondary N) is 1. The summed E-state index contributed by atoms with van der Waals surface area (Å²) in [6.45, 7) is 0.404. The first kappa shape index (κ1) is 17.5. The summed E-state index contributed by atoms with van der Waals surface area (Å²) in [5, 5.41) is 2.96. The van der Waals surface area contributed by atoms with E-state index in [-0.39, 0.29) is 5.91 Å². The second kappa shape index (κ2) is 8.16. The van der Waals surface area contributed by atoms with Crippen molar-refractivity contribution in [1.29, 1.82) is 0 Å². The number of methoxy groups -OCH3 is 1. The molecule has 1 amide bonds. The van der Waals surface area contributed by atoms with Gasteiger partial charge in [-0.2, -0.15) is 0 Å². The molecule has 1 heterocycles. The molecule has 0 saturated carbocycles. The molecule has 1 N–H and O–H groups in total. The minimum atomic E-state index is -0.126. The van der Waals surface area contributed by atoms with Crippen LogP contribution in [0.1, 0.15) is 15.9 Å². The molecule has 0 unspecified atom stereocenters. The van der Waals surface area contributed by atoms with Crippen molar-refractivity contribution < 1.29 is 9.53 Å². The number of amides is 1. The van der Waals surface area contributed by atoms with Crippen LogP contribution in [-0.4, -0.2) is 25.0 Å². The molecule has 5 heteroatoms. The SMILES string of the molecule is COc1cc(CNC(=O)c2ccccc2N(C)c2ccccc2)ccn1. The minimum absolute atomic E-state index is 0.126. The highest BCUT2D eigenvalue weighted by Gasteiger charge is 2.14. The van der Waals surface area contributed by atoms with Crippen LogP contribution in [0.3, 0.4) is 0 Å². The monoisotopic (exact) mass is 347 g/mol. The van der Waals surface area contributed by atoms with Gasteiger partial charge in [0.05, 0.1) is 18.4 Å². The highest BCUT2D eigenvalue weighted by atomic mass is 16.5. The normalized spacial score (nSPS) is 10.2. The summed E-state index contributed by atoms with van der Waals surface area (Å²) in [4.78, 5) is 18.8. The predicted molar refractivity (Wildman–Crippen MR) is 103 cm³/mol. The van der Waals surface area contributed by atoms with Crippen molar-refractivity contribution in [3.05, 3.63) is 84.1 Å². The predicted octanol–water partition coefficient (Wildman–Crippen LogP) is 3.79. The number of ether oxygens (including phenoxy) is 1. The average molecular weight is 347 g/mol. The van der Waals surface area contributed by atoms with Gasteiger partial charge in [0.1, 0.15) is 0 Å². The summed E-state index contributed by atoms with van der Waals surface area (Å²) in [5.41, 5.74) is 3.43. The van der Waals surface area contributed by atoms with E-state index in [4.69, 9.17) is 4.74 Å². The molecule has 0 atom stereocenters. The maximum atomic E-state index is 12.7. The van der Waals surface area contributed by atoms with Gasteiger partial charge in [-0.25, -0.2) is 4.98 Å². The van der Waals surface area contributed by atoms with E-state index in [1.165, 1.54) is 0 Å². The number of rotatable bonds is 6. The molecular weight excluding hydrogens is 326 g/mol. The first-order chi connectivity index (χ1) is 12.7. The van der Waals surface area contributed by atoms with Crippen LogP contribution < -0.4 is 15.0 Å². The molecule has 3 aromatic rings. The van der Waals surface area contributed by atoms with Crippen molar-refractivity contribution in [2.45, 2.75) is 6.54 Å². The fourth-order valence-electron chi connectivity index (χ4n) is 2.70. The van der Waals surface area contributed by atoms with Crippen LogP contribution >= 0.6 is 0 Å². The highest BCUT2D eigenvalue weighted by Crippen LogP contribution is 2.26. The summed E-state index contributed by atoms with van der Waals surface area (Å²) in [7, 11) is 3.52. The third-order valence-electron chi connectivity index (χ3n) is 4.11. The lowest BCUT2D eigenvalue weighted by Gasteiger charge is -2.22. The van der Waals surface area contributed by atoms with Crippen LogP contribution in [0.5, 0.6) is 5.88 Å². The molecule has 0 spiro atoms. The van der Waals surface area contributed by atoms with Crippen molar-refractivity contribution in [2.24, 2.45) is 0 Å². The van der Waals surface area contributed by atoms with Gasteiger partial charge < -0.3 is 15.0 Å². The van der Waals surface area contributed by atoms with Crippen molar-refractivity contribution in [2.75, 3.05) is 19.1 Å². The zero-order valence-electron chi connectivity index (χ0n) is 14.8. The van der Waals surface area contributed by atoms with Gasteiger partial charge in [0.2, 0.25) is 5.88 Å². The lowest BCUT2D eigenvalue weighted by molar-refractivity contribution is 0.0951.